The van der Waals surface area contributed by atoms with Crippen LogP contribution in [-0.2, 0) is 0 Å². The molecule has 4 nitrogen and oxygen atoms in total. The zero-order valence-electron chi connectivity index (χ0n) is 9.56. The molecule has 0 aliphatic heterocycles. The number of carbonyl (C=O) groups is 2. The lowest BCUT2D eigenvalue weighted by atomic mass is 10.2. The van der Waals surface area contributed by atoms with E-state index in [1.165, 1.54) is 7.05 Å². The van der Waals surface area contributed by atoms with Crippen LogP contribution in [0.1, 0.15) is 23.7 Å². The van der Waals surface area contributed by atoms with Crippen LogP contribution in [-0.4, -0.2) is 30.4 Å². The van der Waals surface area contributed by atoms with E-state index in [4.69, 9.17) is 0 Å². The molecule has 1 rings (SSSR count). The molecule has 3 amide bonds. The molecule has 0 aliphatic rings. The number of hydrogen-bond donors (Lipinski definition) is 1. The van der Waals surface area contributed by atoms with E-state index in [0.717, 1.165) is 11.3 Å². The van der Waals surface area contributed by atoms with Crippen LogP contribution in [0.4, 0.5) is 4.79 Å². The lowest BCUT2D eigenvalue weighted by Crippen LogP contribution is -2.41. The van der Waals surface area contributed by atoms with Crippen LogP contribution in [0.15, 0.2) is 30.3 Å². The smallest absolute Gasteiger partial charge is 0.324 e. The number of nitrogens with one attached hydrogen (secondary N) is 1. The zero-order chi connectivity index (χ0) is 12.0. The Kier molecular flexibility index (Phi) is 4.51. The van der Waals surface area contributed by atoms with Crippen molar-refractivity contribution >= 4 is 11.9 Å². The maximum atomic E-state index is 11.8. The van der Waals surface area contributed by atoms with Crippen molar-refractivity contribution in [3.8, 4) is 0 Å². The number of carbonyl (C=O) groups excluding carboxylic acids is 2. The summed E-state index contributed by atoms with van der Waals surface area (Å²) in [6.07, 6.45) is 0.846. The first kappa shape index (κ1) is 12.2. The van der Waals surface area contributed by atoms with Gasteiger partial charge in [0.15, 0.2) is 0 Å². The second-order valence-electron chi connectivity index (χ2n) is 3.46. The predicted octanol–water partition coefficient (Wildman–Crippen LogP) is 1.88. The van der Waals surface area contributed by atoms with Crippen molar-refractivity contribution < 1.29 is 9.59 Å². The highest BCUT2D eigenvalue weighted by molar-refractivity contribution is 6.03. The number of nitrogens with zero attached hydrogens (tertiary/aromatic N) is 1. The van der Waals surface area contributed by atoms with Crippen LogP contribution in [0, 0.1) is 0 Å². The molecule has 0 aromatic heterocycles. The molecule has 1 aromatic rings. The standard InChI is InChI=1S/C12H16N2O2/c1-3-9-13-12(16)14(2)11(15)10-7-5-4-6-8-10/h4-8H,3,9H2,1-2H3,(H,13,16). The summed E-state index contributed by atoms with van der Waals surface area (Å²) in [5.41, 5.74) is 0.511. The molecule has 86 valence electrons. The maximum absolute atomic E-state index is 11.8. The number of urea groups is 1. The molecule has 0 unspecified atom stereocenters. The van der Waals surface area contributed by atoms with Gasteiger partial charge in [-0.15, -0.1) is 0 Å². The maximum Gasteiger partial charge on any atom is 0.324 e. The van der Waals surface area contributed by atoms with Crippen molar-refractivity contribution in [3.05, 3.63) is 35.9 Å². The fourth-order valence-electron chi connectivity index (χ4n) is 1.22. The third-order valence-corrected chi connectivity index (χ3v) is 2.16. The van der Waals surface area contributed by atoms with Gasteiger partial charge in [0.25, 0.3) is 5.91 Å². The van der Waals surface area contributed by atoms with Crippen LogP contribution >= 0.6 is 0 Å². The summed E-state index contributed by atoms with van der Waals surface area (Å²) in [7, 11) is 1.47. The van der Waals surface area contributed by atoms with Crippen molar-refractivity contribution in [1.29, 1.82) is 0 Å². The Balaban J connectivity index is 2.64. The minimum Gasteiger partial charge on any atom is -0.338 e. The van der Waals surface area contributed by atoms with Gasteiger partial charge < -0.3 is 5.32 Å². The van der Waals surface area contributed by atoms with E-state index in [-0.39, 0.29) is 11.9 Å². The van der Waals surface area contributed by atoms with Gasteiger partial charge in [0.05, 0.1) is 0 Å². The molecule has 0 atom stereocenters. The highest BCUT2D eigenvalue weighted by atomic mass is 16.2. The Morgan fingerprint density at radius 3 is 2.44 bits per heavy atom. The third-order valence-electron chi connectivity index (χ3n) is 2.16. The molecule has 0 heterocycles. The van der Waals surface area contributed by atoms with Crippen LogP contribution < -0.4 is 5.32 Å². The Labute approximate surface area is 95.3 Å². The van der Waals surface area contributed by atoms with Crippen molar-refractivity contribution in [3.63, 3.8) is 0 Å². The van der Waals surface area contributed by atoms with E-state index in [1.807, 2.05) is 13.0 Å². The third kappa shape index (κ3) is 3.08. The number of amides is 3. The lowest BCUT2D eigenvalue weighted by Gasteiger charge is -2.15. The van der Waals surface area contributed by atoms with Crippen LogP contribution in [0.3, 0.4) is 0 Å². The summed E-state index contributed by atoms with van der Waals surface area (Å²) >= 11 is 0. The minimum atomic E-state index is -0.365. The van der Waals surface area contributed by atoms with Gasteiger partial charge in [-0.25, -0.2) is 4.79 Å². The SMILES string of the molecule is CCCNC(=O)N(C)C(=O)c1ccccc1. The molecule has 0 fully saturated rings. The Morgan fingerprint density at radius 2 is 1.88 bits per heavy atom. The average Bonchev–Trinajstić information content (AvgIpc) is 2.35. The van der Waals surface area contributed by atoms with Gasteiger partial charge in [0, 0.05) is 19.2 Å². The molecule has 4 heteroatoms. The van der Waals surface area contributed by atoms with Crippen LogP contribution in [0.2, 0.25) is 0 Å². The second-order valence-corrected chi connectivity index (χ2v) is 3.46. The van der Waals surface area contributed by atoms with E-state index in [0.29, 0.717) is 12.1 Å². The molecule has 1 aromatic carbocycles. The highest BCUT2D eigenvalue weighted by Crippen LogP contribution is 2.02. The Bertz CT molecular complexity index is 363. The van der Waals surface area contributed by atoms with Gasteiger partial charge in [-0.1, -0.05) is 25.1 Å². The van der Waals surface area contributed by atoms with Gasteiger partial charge in [-0.3, -0.25) is 9.69 Å². The van der Waals surface area contributed by atoms with Crippen molar-refractivity contribution in [2.24, 2.45) is 0 Å². The summed E-state index contributed by atoms with van der Waals surface area (Å²) in [6, 6.07) is 8.37. The molecule has 16 heavy (non-hydrogen) atoms. The van der Waals surface area contributed by atoms with Crippen molar-refractivity contribution in [1.82, 2.24) is 10.2 Å². The van der Waals surface area contributed by atoms with E-state index < -0.39 is 0 Å². The normalized spacial score (nSPS) is 9.62. The summed E-state index contributed by atoms with van der Waals surface area (Å²) in [5.74, 6) is -0.297. The average molecular weight is 220 g/mol. The van der Waals surface area contributed by atoms with E-state index >= 15 is 0 Å². The molecule has 0 spiro atoms. The van der Waals surface area contributed by atoms with Gasteiger partial charge in [-0.05, 0) is 18.6 Å². The Morgan fingerprint density at radius 1 is 1.25 bits per heavy atom. The van der Waals surface area contributed by atoms with Gasteiger partial charge in [0.2, 0.25) is 0 Å². The summed E-state index contributed by atoms with van der Waals surface area (Å²) < 4.78 is 0. The van der Waals surface area contributed by atoms with Gasteiger partial charge in [0.1, 0.15) is 0 Å². The summed E-state index contributed by atoms with van der Waals surface area (Å²) in [5, 5.41) is 2.65. The van der Waals surface area contributed by atoms with E-state index in [2.05, 4.69) is 5.32 Å². The fraction of sp³-hybridized carbons (Fsp3) is 0.333. The van der Waals surface area contributed by atoms with E-state index in [9.17, 15) is 9.59 Å². The first-order valence-corrected chi connectivity index (χ1v) is 5.27. The number of benzene rings is 1. The minimum absolute atomic E-state index is 0.297. The largest absolute Gasteiger partial charge is 0.338 e. The summed E-state index contributed by atoms with van der Waals surface area (Å²) in [4.78, 5) is 24.4. The molecule has 0 bridgehead atoms. The highest BCUT2D eigenvalue weighted by Gasteiger charge is 2.17. The van der Waals surface area contributed by atoms with Crippen molar-refractivity contribution in [2.75, 3.05) is 13.6 Å². The molecule has 0 saturated heterocycles. The van der Waals surface area contributed by atoms with Crippen molar-refractivity contribution in [2.45, 2.75) is 13.3 Å². The molecular weight excluding hydrogens is 204 g/mol. The van der Waals surface area contributed by atoms with Crippen LogP contribution in [0.5, 0.6) is 0 Å². The monoisotopic (exact) mass is 220 g/mol. The molecule has 0 saturated carbocycles. The molecule has 0 aliphatic carbocycles. The quantitative estimate of drug-likeness (QED) is 0.845. The fourth-order valence-corrected chi connectivity index (χ4v) is 1.22. The first-order valence-electron chi connectivity index (χ1n) is 5.27. The van der Waals surface area contributed by atoms with Gasteiger partial charge >= 0.3 is 6.03 Å². The van der Waals surface area contributed by atoms with Crippen LogP contribution in [0.25, 0.3) is 0 Å². The number of rotatable bonds is 3. The molecule has 1 N–H and O–H groups in total. The first-order chi connectivity index (χ1) is 7.66. The number of hydrogen-bond acceptors (Lipinski definition) is 2. The predicted molar refractivity (Wildman–Crippen MR) is 62.2 cm³/mol. The second kappa shape index (κ2) is 5.90. The summed E-state index contributed by atoms with van der Waals surface area (Å²) in [6.45, 7) is 2.53. The lowest BCUT2D eigenvalue weighted by molar-refractivity contribution is 0.0831. The molecular formula is C12H16N2O2. The van der Waals surface area contributed by atoms with E-state index in [1.54, 1.807) is 24.3 Å². The topological polar surface area (TPSA) is 49.4 Å². The van der Waals surface area contributed by atoms with Gasteiger partial charge in [-0.2, -0.15) is 0 Å². The number of imide groups is 1. The Hall–Kier alpha value is -1.84. The molecule has 0 radical (unpaired) electrons. The zero-order valence-corrected chi connectivity index (χ0v) is 9.56.